The number of pyridine rings is 1. The third-order valence-electron chi connectivity index (χ3n) is 2.79. The maximum Gasteiger partial charge on any atom is 0.262 e. The molecule has 2 N–H and O–H groups in total. The van der Waals surface area contributed by atoms with Crippen LogP contribution in [0.5, 0.6) is 0 Å². The fourth-order valence-corrected chi connectivity index (χ4v) is 3.73. The molecule has 0 amide bonds. The molecule has 6 nitrogen and oxygen atoms in total. The Labute approximate surface area is 115 Å². The Balaban J connectivity index is 3.13. The van der Waals surface area contributed by atoms with Gasteiger partial charge in [0.05, 0.1) is 5.69 Å². The van der Waals surface area contributed by atoms with Crippen molar-refractivity contribution in [2.24, 2.45) is 0 Å². The highest BCUT2D eigenvalue weighted by molar-refractivity contribution is 7.89. The van der Waals surface area contributed by atoms with Crippen molar-refractivity contribution in [3.63, 3.8) is 0 Å². The highest BCUT2D eigenvalue weighted by Crippen LogP contribution is 2.21. The van der Waals surface area contributed by atoms with Crippen LogP contribution >= 0.6 is 0 Å². The fraction of sp³-hybridized carbons (Fsp3) is 0.583. The van der Waals surface area contributed by atoms with Crippen molar-refractivity contribution in [1.82, 2.24) is 14.2 Å². The quantitative estimate of drug-likeness (QED) is 0.829. The highest BCUT2D eigenvalue weighted by Gasteiger charge is 2.30. The van der Waals surface area contributed by atoms with E-state index in [1.54, 1.807) is 12.1 Å². The average Bonchev–Trinajstić information content (AvgIpc) is 2.28. The number of anilines is 1. The molecule has 0 saturated heterocycles. The minimum atomic E-state index is -3.66. The van der Waals surface area contributed by atoms with Gasteiger partial charge in [-0.05, 0) is 33.2 Å². The molecule has 0 aliphatic rings. The Morgan fingerprint density at radius 2 is 2.05 bits per heavy atom. The van der Waals surface area contributed by atoms with Gasteiger partial charge in [-0.15, -0.1) is 0 Å². The van der Waals surface area contributed by atoms with Gasteiger partial charge in [0.1, 0.15) is 0 Å². The van der Waals surface area contributed by atoms with E-state index in [4.69, 9.17) is 5.73 Å². The van der Waals surface area contributed by atoms with Gasteiger partial charge in [0.2, 0.25) is 0 Å². The number of nitrogens with two attached hydrogens (primary N) is 1. The molecular formula is C12H22N4O2S. The summed E-state index contributed by atoms with van der Waals surface area (Å²) in [6.45, 7) is 4.70. The van der Waals surface area contributed by atoms with Crippen LogP contribution in [0.3, 0.4) is 0 Å². The molecule has 1 heterocycles. The summed E-state index contributed by atoms with van der Waals surface area (Å²) in [6.07, 6.45) is 1.44. The molecule has 7 heteroatoms. The van der Waals surface area contributed by atoms with Crippen molar-refractivity contribution < 1.29 is 8.42 Å². The summed E-state index contributed by atoms with van der Waals surface area (Å²) >= 11 is 0. The van der Waals surface area contributed by atoms with Crippen molar-refractivity contribution in [2.75, 3.05) is 32.9 Å². The zero-order valence-corrected chi connectivity index (χ0v) is 12.7. The minimum Gasteiger partial charge on any atom is -0.396 e. The third-order valence-corrected chi connectivity index (χ3v) is 4.85. The lowest BCUT2D eigenvalue weighted by molar-refractivity contribution is 0.271. The maximum absolute atomic E-state index is 12.6. The highest BCUT2D eigenvalue weighted by atomic mass is 32.2. The molecule has 0 bridgehead atoms. The molecule has 0 aliphatic carbocycles. The number of hydrogen-bond donors (Lipinski definition) is 1. The number of hydrogen-bond acceptors (Lipinski definition) is 5. The summed E-state index contributed by atoms with van der Waals surface area (Å²) in [5.74, 6) is 0. The maximum atomic E-state index is 12.6. The molecular weight excluding hydrogens is 264 g/mol. The van der Waals surface area contributed by atoms with Gasteiger partial charge < -0.3 is 10.6 Å². The van der Waals surface area contributed by atoms with Crippen molar-refractivity contribution in [1.29, 1.82) is 0 Å². The Hall–Kier alpha value is -1.18. The lowest BCUT2D eigenvalue weighted by Gasteiger charge is -2.29. The molecule has 1 atom stereocenters. The molecule has 0 aliphatic heterocycles. The molecule has 1 aromatic heterocycles. The fourth-order valence-electron chi connectivity index (χ4n) is 2.07. The van der Waals surface area contributed by atoms with Crippen LogP contribution in [0, 0.1) is 0 Å². The van der Waals surface area contributed by atoms with E-state index in [2.05, 4.69) is 4.98 Å². The van der Waals surface area contributed by atoms with E-state index >= 15 is 0 Å². The molecule has 0 spiro atoms. The van der Waals surface area contributed by atoms with Crippen LogP contribution in [0.1, 0.15) is 13.8 Å². The van der Waals surface area contributed by atoms with Gasteiger partial charge in [-0.25, -0.2) is 13.4 Å². The van der Waals surface area contributed by atoms with Gasteiger partial charge >= 0.3 is 0 Å². The second-order valence-corrected chi connectivity index (χ2v) is 6.52. The molecule has 0 saturated carbocycles. The van der Waals surface area contributed by atoms with E-state index in [-0.39, 0.29) is 16.8 Å². The largest absolute Gasteiger partial charge is 0.396 e. The number of likely N-dealkylation sites (N-methyl/N-ethyl adjacent to an activating group) is 2. The van der Waals surface area contributed by atoms with Gasteiger partial charge in [-0.1, -0.05) is 6.92 Å². The number of rotatable bonds is 6. The number of nitrogen functional groups attached to an aromatic ring is 1. The Morgan fingerprint density at radius 3 is 2.53 bits per heavy atom. The van der Waals surface area contributed by atoms with E-state index in [0.717, 1.165) is 0 Å². The lowest BCUT2D eigenvalue weighted by atomic mass is 10.3. The number of nitrogens with zero attached hydrogens (tertiary/aromatic N) is 3. The molecule has 1 unspecified atom stereocenters. The normalized spacial score (nSPS) is 14.0. The molecule has 19 heavy (non-hydrogen) atoms. The van der Waals surface area contributed by atoms with E-state index in [1.807, 2.05) is 32.8 Å². The lowest BCUT2D eigenvalue weighted by Crippen LogP contribution is -2.44. The van der Waals surface area contributed by atoms with Crippen LogP contribution in [0.4, 0.5) is 5.69 Å². The van der Waals surface area contributed by atoms with Crippen LogP contribution in [-0.4, -0.2) is 55.8 Å². The summed E-state index contributed by atoms with van der Waals surface area (Å²) in [5.41, 5.74) is 5.90. The molecule has 1 aromatic rings. The zero-order chi connectivity index (χ0) is 14.6. The van der Waals surface area contributed by atoms with Crippen molar-refractivity contribution in [2.45, 2.75) is 24.9 Å². The molecule has 1 rings (SSSR count). The standard InChI is InChI=1S/C12H22N4O2S/c1-5-16(10(2)9-15(3)4)19(17,18)12-11(13)7-6-8-14-12/h6-8,10H,5,9,13H2,1-4H3. The predicted octanol–water partition coefficient (Wildman–Crippen LogP) is 0.625. The summed E-state index contributed by atoms with van der Waals surface area (Å²) in [5, 5.41) is -0.0672. The van der Waals surface area contributed by atoms with E-state index in [0.29, 0.717) is 13.1 Å². The SMILES string of the molecule is CCN(C(C)CN(C)C)S(=O)(=O)c1ncccc1N. The predicted molar refractivity (Wildman–Crippen MR) is 76.2 cm³/mol. The van der Waals surface area contributed by atoms with Crippen LogP contribution in [0.25, 0.3) is 0 Å². The van der Waals surface area contributed by atoms with Crippen LogP contribution in [0.15, 0.2) is 23.4 Å². The Morgan fingerprint density at radius 1 is 1.42 bits per heavy atom. The summed E-state index contributed by atoms with van der Waals surface area (Å²) < 4.78 is 26.6. The van der Waals surface area contributed by atoms with Crippen LogP contribution in [0.2, 0.25) is 0 Å². The second kappa shape index (κ2) is 6.31. The first-order chi connectivity index (χ1) is 8.80. The van der Waals surface area contributed by atoms with Crippen molar-refractivity contribution in [3.8, 4) is 0 Å². The van der Waals surface area contributed by atoms with Gasteiger partial charge in [0.25, 0.3) is 10.0 Å². The monoisotopic (exact) mass is 286 g/mol. The average molecular weight is 286 g/mol. The Kier molecular flexibility index (Phi) is 5.28. The summed E-state index contributed by atoms with van der Waals surface area (Å²) in [7, 11) is 0.162. The van der Waals surface area contributed by atoms with Crippen molar-refractivity contribution >= 4 is 15.7 Å². The number of aromatic nitrogens is 1. The first-order valence-corrected chi connectivity index (χ1v) is 7.61. The van der Waals surface area contributed by atoms with E-state index in [1.165, 1.54) is 10.5 Å². The Bertz CT molecular complexity index is 516. The van der Waals surface area contributed by atoms with E-state index < -0.39 is 10.0 Å². The summed E-state index contributed by atoms with van der Waals surface area (Å²) in [6, 6.07) is 3.02. The molecule has 108 valence electrons. The van der Waals surface area contributed by atoms with Crippen LogP contribution < -0.4 is 5.73 Å². The van der Waals surface area contributed by atoms with E-state index in [9.17, 15) is 8.42 Å². The smallest absolute Gasteiger partial charge is 0.262 e. The van der Waals surface area contributed by atoms with Gasteiger partial charge in [0.15, 0.2) is 5.03 Å². The zero-order valence-electron chi connectivity index (χ0n) is 11.9. The minimum absolute atomic E-state index is 0.0672. The van der Waals surface area contributed by atoms with Gasteiger partial charge in [-0.2, -0.15) is 4.31 Å². The number of sulfonamides is 1. The molecule has 0 aromatic carbocycles. The molecule has 0 fully saturated rings. The van der Waals surface area contributed by atoms with Crippen molar-refractivity contribution in [3.05, 3.63) is 18.3 Å². The van der Waals surface area contributed by atoms with Gasteiger partial charge in [0, 0.05) is 25.3 Å². The first kappa shape index (κ1) is 15.9. The summed E-state index contributed by atoms with van der Waals surface area (Å²) in [4.78, 5) is 5.86. The van der Waals surface area contributed by atoms with Crippen LogP contribution in [-0.2, 0) is 10.0 Å². The second-order valence-electron chi connectivity index (χ2n) is 4.72. The molecule has 0 radical (unpaired) electrons. The topological polar surface area (TPSA) is 79.5 Å². The van der Waals surface area contributed by atoms with Gasteiger partial charge in [-0.3, -0.25) is 0 Å². The third kappa shape index (κ3) is 3.65. The first-order valence-electron chi connectivity index (χ1n) is 6.17.